The van der Waals surface area contributed by atoms with E-state index in [0.717, 1.165) is 16.8 Å². The minimum absolute atomic E-state index is 0.0389. The zero-order valence-corrected chi connectivity index (χ0v) is 16.7. The quantitative estimate of drug-likeness (QED) is 0.353. The molecule has 0 atom stereocenters. The van der Waals surface area contributed by atoms with Crippen LogP contribution in [-0.2, 0) is 13.2 Å². The number of nitro groups is 1. The molecule has 1 N–H and O–H groups in total. The van der Waals surface area contributed by atoms with Gasteiger partial charge >= 0.3 is 0 Å². The van der Waals surface area contributed by atoms with Crippen LogP contribution in [0.3, 0.4) is 0 Å². The zero-order valence-electron chi connectivity index (χ0n) is 15.9. The number of nitro benzene ring substituents is 1. The molecule has 0 unspecified atom stereocenters. The first-order valence-corrected chi connectivity index (χ1v) is 9.55. The molecule has 0 spiro atoms. The molecule has 3 rings (SSSR count). The number of para-hydroxylation sites is 1. The van der Waals surface area contributed by atoms with Crippen LogP contribution in [0.25, 0.3) is 0 Å². The number of non-ortho nitro benzene ring substituents is 1. The van der Waals surface area contributed by atoms with E-state index in [0.29, 0.717) is 29.7 Å². The molecule has 7 heteroatoms. The number of nitrogens with one attached hydrogen (secondary N) is 1. The Hall–Kier alpha value is -3.25. The van der Waals surface area contributed by atoms with Crippen molar-refractivity contribution in [1.29, 1.82) is 0 Å². The Labute approximate surface area is 174 Å². The predicted molar refractivity (Wildman–Crippen MR) is 114 cm³/mol. The molecule has 0 fully saturated rings. The summed E-state index contributed by atoms with van der Waals surface area (Å²) in [5.41, 5.74) is 2.81. The average molecular weight is 413 g/mol. The van der Waals surface area contributed by atoms with Gasteiger partial charge in [-0.05, 0) is 54.4 Å². The maximum absolute atomic E-state index is 10.8. The lowest BCUT2D eigenvalue weighted by atomic mass is 10.2. The van der Waals surface area contributed by atoms with Crippen LogP contribution in [0.15, 0.2) is 66.7 Å². The second kappa shape index (κ2) is 9.80. The van der Waals surface area contributed by atoms with Crippen molar-refractivity contribution in [2.24, 2.45) is 0 Å². The second-order valence-electron chi connectivity index (χ2n) is 6.27. The predicted octanol–water partition coefficient (Wildman–Crippen LogP) is 5.84. The van der Waals surface area contributed by atoms with Crippen LogP contribution >= 0.6 is 11.6 Å². The fourth-order valence-electron chi connectivity index (χ4n) is 2.76. The molecule has 29 heavy (non-hydrogen) atoms. The molecule has 0 amide bonds. The van der Waals surface area contributed by atoms with Gasteiger partial charge in [0, 0.05) is 24.4 Å². The van der Waals surface area contributed by atoms with Crippen LogP contribution in [0.5, 0.6) is 11.5 Å². The second-order valence-corrected chi connectivity index (χ2v) is 6.68. The SMILES string of the molecule is CCOc1cc(CNc2ccccc2)cc(Cl)c1OCc1ccc([N+](=O)[O-])cc1. The highest BCUT2D eigenvalue weighted by Gasteiger charge is 2.13. The van der Waals surface area contributed by atoms with Gasteiger partial charge in [0.15, 0.2) is 11.5 Å². The highest BCUT2D eigenvalue weighted by atomic mass is 35.5. The normalized spacial score (nSPS) is 10.4. The van der Waals surface area contributed by atoms with E-state index in [4.69, 9.17) is 21.1 Å². The molecule has 0 heterocycles. The van der Waals surface area contributed by atoms with E-state index in [2.05, 4.69) is 5.32 Å². The van der Waals surface area contributed by atoms with Crippen LogP contribution in [0.1, 0.15) is 18.1 Å². The van der Waals surface area contributed by atoms with Gasteiger partial charge in [-0.15, -0.1) is 0 Å². The summed E-state index contributed by atoms with van der Waals surface area (Å²) in [5, 5.41) is 14.5. The molecule has 0 saturated carbocycles. The monoisotopic (exact) mass is 412 g/mol. The van der Waals surface area contributed by atoms with Crippen molar-refractivity contribution >= 4 is 23.0 Å². The Morgan fingerprint density at radius 3 is 2.38 bits per heavy atom. The van der Waals surface area contributed by atoms with Gasteiger partial charge in [0.25, 0.3) is 5.69 Å². The summed E-state index contributed by atoms with van der Waals surface area (Å²) in [4.78, 5) is 10.3. The fraction of sp³-hybridized carbons (Fsp3) is 0.182. The summed E-state index contributed by atoms with van der Waals surface area (Å²) >= 11 is 6.46. The lowest BCUT2D eigenvalue weighted by molar-refractivity contribution is -0.384. The number of ether oxygens (including phenoxy) is 2. The van der Waals surface area contributed by atoms with Crippen LogP contribution < -0.4 is 14.8 Å². The summed E-state index contributed by atoms with van der Waals surface area (Å²) in [6.45, 7) is 3.18. The van der Waals surface area contributed by atoms with Crippen molar-refractivity contribution in [3.05, 3.63) is 93.0 Å². The minimum Gasteiger partial charge on any atom is -0.490 e. The highest BCUT2D eigenvalue weighted by Crippen LogP contribution is 2.37. The van der Waals surface area contributed by atoms with Crippen LogP contribution in [0.4, 0.5) is 11.4 Å². The maximum atomic E-state index is 10.8. The summed E-state index contributed by atoms with van der Waals surface area (Å²) in [5.74, 6) is 1.02. The number of hydrogen-bond acceptors (Lipinski definition) is 5. The summed E-state index contributed by atoms with van der Waals surface area (Å²) in [6.07, 6.45) is 0. The van der Waals surface area contributed by atoms with Crippen molar-refractivity contribution in [3.63, 3.8) is 0 Å². The number of benzene rings is 3. The smallest absolute Gasteiger partial charge is 0.269 e. The van der Waals surface area contributed by atoms with Gasteiger partial charge in [-0.1, -0.05) is 29.8 Å². The Balaban J connectivity index is 1.72. The largest absolute Gasteiger partial charge is 0.490 e. The van der Waals surface area contributed by atoms with E-state index < -0.39 is 4.92 Å². The molecule has 6 nitrogen and oxygen atoms in total. The summed E-state index contributed by atoms with van der Waals surface area (Å²) in [6, 6.07) is 19.8. The lowest BCUT2D eigenvalue weighted by Crippen LogP contribution is -2.04. The van der Waals surface area contributed by atoms with Gasteiger partial charge in [0.2, 0.25) is 0 Å². The van der Waals surface area contributed by atoms with Gasteiger partial charge < -0.3 is 14.8 Å². The van der Waals surface area contributed by atoms with E-state index in [9.17, 15) is 10.1 Å². The molecule has 0 radical (unpaired) electrons. The molecule has 0 bridgehead atoms. The highest BCUT2D eigenvalue weighted by molar-refractivity contribution is 6.32. The molecule has 0 aliphatic rings. The fourth-order valence-corrected chi connectivity index (χ4v) is 3.04. The van der Waals surface area contributed by atoms with Gasteiger partial charge in [-0.2, -0.15) is 0 Å². The number of hydrogen-bond donors (Lipinski definition) is 1. The first-order valence-electron chi connectivity index (χ1n) is 9.17. The number of nitrogens with zero attached hydrogens (tertiary/aromatic N) is 1. The summed E-state index contributed by atoms with van der Waals surface area (Å²) < 4.78 is 11.6. The number of anilines is 1. The third kappa shape index (κ3) is 5.62. The molecule has 0 aliphatic carbocycles. The molecule has 0 aromatic heterocycles. The van der Waals surface area contributed by atoms with Gasteiger partial charge in [0.1, 0.15) is 6.61 Å². The van der Waals surface area contributed by atoms with Crippen molar-refractivity contribution in [2.45, 2.75) is 20.1 Å². The Morgan fingerprint density at radius 2 is 1.72 bits per heavy atom. The Morgan fingerprint density at radius 1 is 1.00 bits per heavy atom. The van der Waals surface area contributed by atoms with E-state index in [-0.39, 0.29) is 12.3 Å². The first-order chi connectivity index (χ1) is 14.1. The van der Waals surface area contributed by atoms with Gasteiger partial charge in [0.05, 0.1) is 16.6 Å². The third-order valence-electron chi connectivity index (χ3n) is 4.17. The maximum Gasteiger partial charge on any atom is 0.269 e. The minimum atomic E-state index is -0.434. The zero-order chi connectivity index (χ0) is 20.6. The van der Waals surface area contributed by atoms with Crippen LogP contribution in [0.2, 0.25) is 5.02 Å². The molecule has 3 aromatic rings. The van der Waals surface area contributed by atoms with Crippen LogP contribution in [-0.4, -0.2) is 11.5 Å². The van der Waals surface area contributed by atoms with E-state index in [1.54, 1.807) is 12.1 Å². The van der Waals surface area contributed by atoms with Crippen molar-refractivity contribution < 1.29 is 14.4 Å². The number of rotatable bonds is 9. The Bertz CT molecular complexity index is 963. The molecule has 0 aliphatic heterocycles. The third-order valence-corrected chi connectivity index (χ3v) is 4.45. The summed E-state index contributed by atoms with van der Waals surface area (Å²) in [7, 11) is 0. The standard InChI is InChI=1S/C22H21ClN2O4/c1-2-28-21-13-17(14-24-18-6-4-3-5-7-18)12-20(23)22(21)29-15-16-8-10-19(11-9-16)25(26)27/h3-13,24H,2,14-15H2,1H3. The van der Waals surface area contributed by atoms with Gasteiger partial charge in [-0.25, -0.2) is 0 Å². The first kappa shape index (κ1) is 20.5. The van der Waals surface area contributed by atoms with E-state index in [1.165, 1.54) is 12.1 Å². The molecule has 0 saturated heterocycles. The van der Waals surface area contributed by atoms with Crippen molar-refractivity contribution in [3.8, 4) is 11.5 Å². The Kier molecular flexibility index (Phi) is 6.92. The van der Waals surface area contributed by atoms with Crippen molar-refractivity contribution in [1.82, 2.24) is 0 Å². The molecular weight excluding hydrogens is 392 g/mol. The lowest BCUT2D eigenvalue weighted by Gasteiger charge is -2.16. The molecule has 3 aromatic carbocycles. The molecular formula is C22H21ClN2O4. The van der Waals surface area contributed by atoms with Crippen molar-refractivity contribution in [2.75, 3.05) is 11.9 Å². The number of halogens is 1. The van der Waals surface area contributed by atoms with E-state index in [1.807, 2.05) is 49.4 Å². The van der Waals surface area contributed by atoms with Crippen LogP contribution in [0, 0.1) is 10.1 Å². The topological polar surface area (TPSA) is 73.6 Å². The average Bonchev–Trinajstić information content (AvgIpc) is 2.73. The molecule has 150 valence electrons. The van der Waals surface area contributed by atoms with E-state index >= 15 is 0 Å². The van der Waals surface area contributed by atoms with Gasteiger partial charge in [-0.3, -0.25) is 10.1 Å².